The fraction of sp³-hybridized carbons (Fsp3) is 0.533. The Balaban J connectivity index is 0.00000400. The highest BCUT2D eigenvalue weighted by Crippen LogP contribution is 2.12. The first-order chi connectivity index (χ1) is 9.67. The van der Waals surface area contributed by atoms with Crippen molar-refractivity contribution in [3.05, 3.63) is 34.9 Å². The smallest absolute Gasteiger partial charge is 0.193 e. The maximum Gasteiger partial charge on any atom is 0.193 e. The second-order valence-electron chi connectivity index (χ2n) is 4.66. The molecule has 1 aromatic rings. The normalized spacial score (nSPS) is 11.0. The Hall–Kier alpha value is -0.140. The molecule has 6 heteroatoms. The third-order valence-corrected chi connectivity index (χ3v) is 3.87. The van der Waals surface area contributed by atoms with E-state index in [0.717, 1.165) is 24.1 Å². The molecule has 1 N–H and O–H groups in total. The number of nitrogens with one attached hydrogen (secondary N) is 1. The number of unbranched alkanes of at least 4 members (excludes halogenated alkanes) is 1. The first kappa shape index (κ1) is 20.9. The Kier molecular flexibility index (Phi) is 12.3. The zero-order valence-electron chi connectivity index (χ0n) is 12.9. The van der Waals surface area contributed by atoms with Crippen LogP contribution in [0.4, 0.5) is 0 Å². The number of benzene rings is 1. The fourth-order valence-corrected chi connectivity index (χ4v) is 2.65. The minimum atomic E-state index is 0. The second-order valence-corrected chi connectivity index (χ2v) is 6.08. The van der Waals surface area contributed by atoms with Gasteiger partial charge in [-0.25, -0.2) is 0 Å². The highest BCUT2D eigenvalue weighted by Gasteiger charge is 2.06. The number of guanidine groups is 1. The van der Waals surface area contributed by atoms with Gasteiger partial charge in [0.2, 0.25) is 0 Å². The summed E-state index contributed by atoms with van der Waals surface area (Å²) in [5.74, 6) is 2.15. The molecular formula is C15H25ClIN3S. The van der Waals surface area contributed by atoms with Crippen LogP contribution in [0.5, 0.6) is 0 Å². The molecule has 0 aromatic heterocycles. The molecular weight excluding hydrogens is 417 g/mol. The first-order valence-electron chi connectivity index (χ1n) is 6.82. The van der Waals surface area contributed by atoms with E-state index in [2.05, 4.69) is 27.5 Å². The molecule has 1 aromatic carbocycles. The molecule has 0 amide bonds. The van der Waals surface area contributed by atoms with E-state index in [4.69, 9.17) is 11.6 Å². The molecule has 0 aliphatic heterocycles. The van der Waals surface area contributed by atoms with Crippen LogP contribution in [0.25, 0.3) is 0 Å². The highest BCUT2D eigenvalue weighted by molar-refractivity contribution is 14.0. The summed E-state index contributed by atoms with van der Waals surface area (Å²) in [7, 11) is 3.86. The minimum absolute atomic E-state index is 0. The van der Waals surface area contributed by atoms with Crippen molar-refractivity contribution in [3.8, 4) is 0 Å². The Bertz CT molecular complexity index is 429. The van der Waals surface area contributed by atoms with E-state index in [1.807, 2.05) is 44.1 Å². The molecule has 0 radical (unpaired) electrons. The van der Waals surface area contributed by atoms with Crippen molar-refractivity contribution in [3.63, 3.8) is 0 Å². The lowest BCUT2D eigenvalue weighted by atomic mass is 10.2. The summed E-state index contributed by atoms with van der Waals surface area (Å²) in [4.78, 5) is 6.43. The van der Waals surface area contributed by atoms with E-state index < -0.39 is 0 Å². The number of rotatable bonds is 7. The lowest BCUT2D eigenvalue weighted by molar-refractivity contribution is 0.475. The maximum atomic E-state index is 6.01. The molecule has 0 aliphatic carbocycles. The predicted molar refractivity (Wildman–Crippen MR) is 107 cm³/mol. The van der Waals surface area contributed by atoms with Crippen molar-refractivity contribution >= 4 is 53.3 Å². The van der Waals surface area contributed by atoms with Gasteiger partial charge in [-0.05, 0) is 42.5 Å². The summed E-state index contributed by atoms with van der Waals surface area (Å²) in [6.45, 7) is 1.76. The Morgan fingerprint density at radius 1 is 1.38 bits per heavy atom. The standard InChI is InChI=1S/C15H24ClN3S.HI/c1-17-15(18-9-4-5-10-20-3)19(2)12-13-7-6-8-14(16)11-13;/h6-8,11H,4-5,9-10,12H2,1-3H3,(H,17,18);1H. The van der Waals surface area contributed by atoms with Gasteiger partial charge < -0.3 is 10.2 Å². The van der Waals surface area contributed by atoms with E-state index in [-0.39, 0.29) is 24.0 Å². The number of hydrogen-bond donors (Lipinski definition) is 1. The van der Waals surface area contributed by atoms with Crippen LogP contribution in [0.1, 0.15) is 18.4 Å². The lowest BCUT2D eigenvalue weighted by Gasteiger charge is -2.22. The summed E-state index contributed by atoms with van der Waals surface area (Å²) in [5.41, 5.74) is 1.19. The number of nitrogens with zero attached hydrogens (tertiary/aromatic N) is 2. The summed E-state index contributed by atoms with van der Waals surface area (Å²) in [5, 5.41) is 4.17. The summed E-state index contributed by atoms with van der Waals surface area (Å²) >= 11 is 7.90. The lowest BCUT2D eigenvalue weighted by Crippen LogP contribution is -2.38. The zero-order valence-corrected chi connectivity index (χ0v) is 16.8. The van der Waals surface area contributed by atoms with Gasteiger partial charge in [-0.15, -0.1) is 24.0 Å². The van der Waals surface area contributed by atoms with E-state index >= 15 is 0 Å². The Labute approximate surface area is 154 Å². The summed E-state index contributed by atoms with van der Waals surface area (Å²) < 4.78 is 0. The Morgan fingerprint density at radius 3 is 2.76 bits per heavy atom. The molecule has 0 saturated carbocycles. The molecule has 0 spiro atoms. The molecule has 21 heavy (non-hydrogen) atoms. The predicted octanol–water partition coefficient (Wildman–Crippen LogP) is 4.11. The van der Waals surface area contributed by atoms with Gasteiger partial charge in [0.1, 0.15) is 0 Å². The second kappa shape index (κ2) is 12.4. The van der Waals surface area contributed by atoms with Crippen LogP contribution < -0.4 is 5.32 Å². The van der Waals surface area contributed by atoms with Crippen molar-refractivity contribution in [2.45, 2.75) is 19.4 Å². The van der Waals surface area contributed by atoms with Gasteiger partial charge in [0, 0.05) is 32.2 Å². The molecule has 120 valence electrons. The third-order valence-electron chi connectivity index (χ3n) is 2.94. The quantitative estimate of drug-likeness (QED) is 0.299. The summed E-state index contributed by atoms with van der Waals surface area (Å²) in [6, 6.07) is 7.94. The van der Waals surface area contributed by atoms with E-state index in [1.165, 1.54) is 24.2 Å². The van der Waals surface area contributed by atoms with Crippen molar-refractivity contribution < 1.29 is 0 Å². The Morgan fingerprint density at radius 2 is 2.14 bits per heavy atom. The SMILES string of the molecule is CN=C(NCCCCSC)N(C)Cc1cccc(Cl)c1.I. The molecule has 0 saturated heterocycles. The third kappa shape index (κ3) is 8.78. The van der Waals surface area contributed by atoms with Gasteiger partial charge in [0.25, 0.3) is 0 Å². The number of hydrogen-bond acceptors (Lipinski definition) is 2. The van der Waals surface area contributed by atoms with Crippen LogP contribution >= 0.6 is 47.3 Å². The molecule has 0 aliphatic rings. The van der Waals surface area contributed by atoms with Gasteiger partial charge in [0.05, 0.1) is 0 Å². The summed E-state index contributed by atoms with van der Waals surface area (Å²) in [6.07, 6.45) is 4.55. The van der Waals surface area contributed by atoms with Gasteiger partial charge in [-0.2, -0.15) is 11.8 Å². The van der Waals surface area contributed by atoms with Crippen LogP contribution in [0.2, 0.25) is 5.02 Å². The van der Waals surface area contributed by atoms with Gasteiger partial charge >= 0.3 is 0 Å². The molecule has 1 rings (SSSR count). The monoisotopic (exact) mass is 441 g/mol. The van der Waals surface area contributed by atoms with Crippen molar-refractivity contribution in [2.75, 3.05) is 32.6 Å². The first-order valence-corrected chi connectivity index (χ1v) is 8.59. The van der Waals surface area contributed by atoms with Crippen molar-refractivity contribution in [1.29, 1.82) is 0 Å². The maximum absolute atomic E-state index is 6.01. The van der Waals surface area contributed by atoms with Crippen LogP contribution in [0.15, 0.2) is 29.3 Å². The van der Waals surface area contributed by atoms with Gasteiger partial charge in [-0.1, -0.05) is 23.7 Å². The van der Waals surface area contributed by atoms with Gasteiger partial charge in [0.15, 0.2) is 5.96 Å². The number of aliphatic imine (C=N–C) groups is 1. The van der Waals surface area contributed by atoms with E-state index in [9.17, 15) is 0 Å². The molecule has 3 nitrogen and oxygen atoms in total. The fourth-order valence-electron chi connectivity index (χ4n) is 1.94. The molecule has 0 unspecified atom stereocenters. The molecule has 0 atom stereocenters. The largest absolute Gasteiger partial charge is 0.356 e. The van der Waals surface area contributed by atoms with Crippen LogP contribution in [0.3, 0.4) is 0 Å². The minimum Gasteiger partial charge on any atom is -0.356 e. The van der Waals surface area contributed by atoms with Crippen molar-refractivity contribution in [2.24, 2.45) is 4.99 Å². The average molecular weight is 442 g/mol. The van der Waals surface area contributed by atoms with Gasteiger partial charge in [-0.3, -0.25) is 4.99 Å². The molecule has 0 bridgehead atoms. The van der Waals surface area contributed by atoms with Crippen molar-refractivity contribution in [1.82, 2.24) is 10.2 Å². The van der Waals surface area contributed by atoms with Crippen LogP contribution in [-0.4, -0.2) is 43.5 Å². The molecule has 0 heterocycles. The number of thioether (sulfide) groups is 1. The van der Waals surface area contributed by atoms with Crippen LogP contribution in [0, 0.1) is 0 Å². The van der Waals surface area contributed by atoms with Crippen LogP contribution in [-0.2, 0) is 6.54 Å². The average Bonchev–Trinajstić information content (AvgIpc) is 2.42. The zero-order chi connectivity index (χ0) is 14.8. The highest BCUT2D eigenvalue weighted by atomic mass is 127. The van der Waals surface area contributed by atoms with E-state index in [1.54, 1.807) is 0 Å². The number of halogens is 2. The van der Waals surface area contributed by atoms with E-state index in [0.29, 0.717) is 0 Å². The molecule has 0 fully saturated rings. The topological polar surface area (TPSA) is 27.6 Å².